The summed E-state index contributed by atoms with van der Waals surface area (Å²) in [6.45, 7) is 4.05. The minimum absolute atomic E-state index is 0.132. The topological polar surface area (TPSA) is 113 Å². The Morgan fingerprint density at radius 2 is 2.20 bits per heavy atom. The molecule has 0 radical (unpaired) electrons. The molecule has 0 spiro atoms. The molecule has 20 heavy (non-hydrogen) atoms. The van der Waals surface area contributed by atoms with Crippen molar-refractivity contribution < 1.29 is 4.92 Å². The number of aromatic amines is 1. The smallest absolute Gasteiger partial charge is 0.293 e. The molecule has 0 aliphatic rings. The van der Waals surface area contributed by atoms with Gasteiger partial charge in [-0.15, -0.1) is 0 Å². The van der Waals surface area contributed by atoms with E-state index in [1.165, 1.54) is 18.5 Å². The zero-order chi connectivity index (χ0) is 14.5. The van der Waals surface area contributed by atoms with E-state index in [2.05, 4.69) is 20.6 Å². The van der Waals surface area contributed by atoms with Crippen LogP contribution in [0, 0.1) is 10.1 Å². The quantitative estimate of drug-likeness (QED) is 0.410. The van der Waals surface area contributed by atoms with Crippen LogP contribution in [0.25, 0.3) is 10.9 Å². The van der Waals surface area contributed by atoms with Crippen molar-refractivity contribution in [3.63, 3.8) is 0 Å². The van der Waals surface area contributed by atoms with E-state index < -0.39 is 10.5 Å². The van der Waals surface area contributed by atoms with E-state index in [1.54, 1.807) is 0 Å². The van der Waals surface area contributed by atoms with Crippen LogP contribution in [0.2, 0.25) is 0 Å². The molecule has 0 fully saturated rings. The molecule has 0 unspecified atom stereocenters. The highest BCUT2D eigenvalue weighted by Crippen LogP contribution is 2.27. The van der Waals surface area contributed by atoms with E-state index in [0.717, 1.165) is 6.54 Å². The van der Waals surface area contributed by atoms with Gasteiger partial charge in [-0.1, -0.05) is 6.92 Å². The lowest BCUT2D eigenvalue weighted by Gasteiger charge is -2.08. The van der Waals surface area contributed by atoms with Crippen LogP contribution >= 0.6 is 0 Å². The second-order valence-corrected chi connectivity index (χ2v) is 4.16. The normalized spacial score (nSPS) is 10.7. The van der Waals surface area contributed by atoms with E-state index in [0.29, 0.717) is 24.3 Å². The van der Waals surface area contributed by atoms with Gasteiger partial charge in [0.2, 0.25) is 0 Å². The number of likely N-dealkylation sites (N-methyl/N-ethyl adjacent to an activating group) is 1. The molecule has 1 aromatic heterocycles. The second kappa shape index (κ2) is 6.11. The Labute approximate surface area is 114 Å². The fourth-order valence-corrected chi connectivity index (χ4v) is 1.86. The zero-order valence-corrected chi connectivity index (χ0v) is 11.0. The van der Waals surface area contributed by atoms with Gasteiger partial charge < -0.3 is 15.6 Å². The molecule has 0 amide bonds. The maximum atomic E-state index is 11.6. The van der Waals surface area contributed by atoms with Gasteiger partial charge >= 0.3 is 0 Å². The number of hydrogen-bond donors (Lipinski definition) is 3. The van der Waals surface area contributed by atoms with Crippen LogP contribution in [0.1, 0.15) is 6.92 Å². The first kappa shape index (κ1) is 13.9. The van der Waals surface area contributed by atoms with Crippen molar-refractivity contribution in [1.29, 1.82) is 0 Å². The summed E-state index contributed by atoms with van der Waals surface area (Å²) in [4.78, 5) is 28.6. The molecule has 2 rings (SSSR count). The summed E-state index contributed by atoms with van der Waals surface area (Å²) in [7, 11) is 0. The summed E-state index contributed by atoms with van der Waals surface area (Å²) in [6.07, 6.45) is 1.28. The lowest BCUT2D eigenvalue weighted by molar-refractivity contribution is -0.383. The fourth-order valence-electron chi connectivity index (χ4n) is 1.86. The van der Waals surface area contributed by atoms with Crippen LogP contribution in [0.4, 0.5) is 11.4 Å². The molecule has 0 aliphatic heterocycles. The summed E-state index contributed by atoms with van der Waals surface area (Å²) in [5.41, 5.74) is 0.258. The third-order valence-electron chi connectivity index (χ3n) is 2.82. The Balaban J connectivity index is 2.39. The van der Waals surface area contributed by atoms with E-state index >= 15 is 0 Å². The van der Waals surface area contributed by atoms with E-state index in [9.17, 15) is 14.9 Å². The van der Waals surface area contributed by atoms with E-state index in [-0.39, 0.29) is 11.1 Å². The molecule has 0 atom stereocenters. The number of nitrogens with zero attached hydrogens (tertiary/aromatic N) is 2. The van der Waals surface area contributed by atoms with Gasteiger partial charge in [0.15, 0.2) is 0 Å². The molecule has 8 nitrogen and oxygen atoms in total. The number of nitro groups is 1. The van der Waals surface area contributed by atoms with Gasteiger partial charge in [0, 0.05) is 19.2 Å². The molecular formula is C12H15N5O3. The number of H-pyrrole nitrogens is 1. The Morgan fingerprint density at radius 1 is 1.40 bits per heavy atom. The molecule has 0 aliphatic carbocycles. The van der Waals surface area contributed by atoms with Crippen LogP contribution in [0.15, 0.2) is 23.3 Å². The Kier molecular flexibility index (Phi) is 4.26. The first-order valence-electron chi connectivity index (χ1n) is 6.24. The van der Waals surface area contributed by atoms with Gasteiger partial charge in [0.1, 0.15) is 5.69 Å². The molecule has 0 saturated carbocycles. The molecule has 106 valence electrons. The summed E-state index contributed by atoms with van der Waals surface area (Å²) >= 11 is 0. The third kappa shape index (κ3) is 2.91. The standard InChI is InChI=1S/C12H15N5O3/c1-2-13-3-4-14-10-6-9-8(5-11(10)17(19)20)12(18)16-7-15-9/h5-7,13-14H,2-4H2,1H3,(H,15,16,18). The number of benzene rings is 1. The average molecular weight is 277 g/mol. The van der Waals surface area contributed by atoms with Gasteiger partial charge in [-0.25, -0.2) is 4.98 Å². The highest BCUT2D eigenvalue weighted by atomic mass is 16.6. The number of nitrogens with one attached hydrogen (secondary N) is 3. The lowest BCUT2D eigenvalue weighted by atomic mass is 10.2. The van der Waals surface area contributed by atoms with Crippen LogP contribution in [0.5, 0.6) is 0 Å². The molecule has 8 heteroatoms. The van der Waals surface area contributed by atoms with Crippen molar-refractivity contribution in [1.82, 2.24) is 15.3 Å². The third-order valence-corrected chi connectivity index (χ3v) is 2.82. The maximum absolute atomic E-state index is 11.6. The van der Waals surface area contributed by atoms with Gasteiger partial charge in [-0.05, 0) is 12.6 Å². The Morgan fingerprint density at radius 3 is 2.90 bits per heavy atom. The van der Waals surface area contributed by atoms with E-state index in [4.69, 9.17) is 0 Å². The zero-order valence-electron chi connectivity index (χ0n) is 11.0. The first-order chi connectivity index (χ1) is 9.63. The van der Waals surface area contributed by atoms with Crippen molar-refractivity contribution >= 4 is 22.3 Å². The number of nitro benzene ring substituents is 1. The minimum atomic E-state index is -0.512. The van der Waals surface area contributed by atoms with Crippen molar-refractivity contribution in [3.8, 4) is 0 Å². The molecule has 3 N–H and O–H groups in total. The Hall–Kier alpha value is -2.48. The summed E-state index contributed by atoms with van der Waals surface area (Å²) in [5, 5.41) is 17.4. The molecule has 1 heterocycles. The fraction of sp³-hybridized carbons (Fsp3) is 0.333. The molecule has 1 aromatic carbocycles. The number of rotatable bonds is 6. The van der Waals surface area contributed by atoms with Crippen molar-refractivity contribution in [3.05, 3.63) is 38.9 Å². The lowest BCUT2D eigenvalue weighted by Crippen LogP contribution is -2.22. The van der Waals surface area contributed by atoms with Crippen molar-refractivity contribution in [2.24, 2.45) is 0 Å². The molecule has 0 saturated heterocycles. The predicted octanol–water partition coefficient (Wildman–Crippen LogP) is 0.853. The Bertz CT molecular complexity index is 682. The van der Waals surface area contributed by atoms with Gasteiger partial charge in [-0.3, -0.25) is 14.9 Å². The van der Waals surface area contributed by atoms with Gasteiger partial charge in [-0.2, -0.15) is 0 Å². The number of hydrogen-bond acceptors (Lipinski definition) is 6. The largest absolute Gasteiger partial charge is 0.378 e. The number of aromatic nitrogens is 2. The highest BCUT2D eigenvalue weighted by molar-refractivity contribution is 5.86. The highest BCUT2D eigenvalue weighted by Gasteiger charge is 2.16. The summed E-state index contributed by atoms with van der Waals surface area (Å²) < 4.78 is 0. The first-order valence-corrected chi connectivity index (χ1v) is 6.24. The summed E-state index contributed by atoms with van der Waals surface area (Å²) in [5.74, 6) is 0. The molecule has 0 bridgehead atoms. The van der Waals surface area contributed by atoms with E-state index in [1.807, 2.05) is 6.92 Å². The minimum Gasteiger partial charge on any atom is -0.378 e. The number of anilines is 1. The van der Waals surface area contributed by atoms with Crippen molar-refractivity contribution in [2.75, 3.05) is 25.0 Å². The van der Waals surface area contributed by atoms with Crippen LogP contribution in [-0.2, 0) is 0 Å². The van der Waals surface area contributed by atoms with Crippen LogP contribution in [0.3, 0.4) is 0 Å². The molecular weight excluding hydrogens is 262 g/mol. The maximum Gasteiger partial charge on any atom is 0.293 e. The van der Waals surface area contributed by atoms with Crippen LogP contribution < -0.4 is 16.2 Å². The van der Waals surface area contributed by atoms with Crippen LogP contribution in [-0.4, -0.2) is 34.5 Å². The number of fused-ring (bicyclic) bond motifs is 1. The average Bonchev–Trinajstić information content (AvgIpc) is 2.43. The summed E-state index contributed by atoms with van der Waals surface area (Å²) in [6, 6.07) is 2.77. The predicted molar refractivity (Wildman–Crippen MR) is 76.1 cm³/mol. The second-order valence-electron chi connectivity index (χ2n) is 4.16. The van der Waals surface area contributed by atoms with Gasteiger partial charge in [0.25, 0.3) is 11.2 Å². The van der Waals surface area contributed by atoms with Crippen molar-refractivity contribution in [2.45, 2.75) is 6.92 Å². The van der Waals surface area contributed by atoms with Gasteiger partial charge in [0.05, 0.1) is 22.2 Å². The monoisotopic (exact) mass is 277 g/mol. The SMILES string of the molecule is CCNCCNc1cc2nc[nH]c(=O)c2cc1[N+](=O)[O-]. The molecule has 2 aromatic rings.